The van der Waals surface area contributed by atoms with E-state index in [0.717, 1.165) is 17.2 Å². The zero-order valence-electron chi connectivity index (χ0n) is 10.3. The first-order valence-electron chi connectivity index (χ1n) is 5.86. The summed E-state index contributed by atoms with van der Waals surface area (Å²) in [6, 6.07) is 9.88. The minimum Gasteiger partial charge on any atom is -0.388 e. The Bertz CT molecular complexity index is 599. The van der Waals surface area contributed by atoms with Crippen LogP contribution in [0.25, 0.3) is 0 Å². The van der Waals surface area contributed by atoms with Gasteiger partial charge in [0, 0.05) is 6.42 Å². The van der Waals surface area contributed by atoms with Crippen LogP contribution in [0.3, 0.4) is 0 Å². The van der Waals surface area contributed by atoms with Crippen molar-refractivity contribution in [3.05, 3.63) is 69.2 Å². The summed E-state index contributed by atoms with van der Waals surface area (Å²) in [5.74, 6) is -1.48. The molecule has 0 saturated heterocycles. The Morgan fingerprint density at radius 3 is 2.53 bits per heavy atom. The molecule has 4 heteroatoms. The van der Waals surface area contributed by atoms with E-state index < -0.39 is 17.7 Å². The van der Waals surface area contributed by atoms with Crippen molar-refractivity contribution in [2.24, 2.45) is 0 Å². The van der Waals surface area contributed by atoms with Crippen molar-refractivity contribution in [2.75, 3.05) is 0 Å². The van der Waals surface area contributed by atoms with Crippen molar-refractivity contribution >= 4 is 15.9 Å². The quantitative estimate of drug-likeness (QED) is 0.833. The Balaban J connectivity index is 2.33. The summed E-state index contributed by atoms with van der Waals surface area (Å²) in [5.41, 5.74) is 1.56. The highest BCUT2D eigenvalue weighted by Crippen LogP contribution is 2.29. The second-order valence-corrected chi connectivity index (χ2v) is 5.26. The van der Waals surface area contributed by atoms with Crippen LogP contribution in [-0.4, -0.2) is 5.11 Å². The van der Waals surface area contributed by atoms with Gasteiger partial charge in [0.2, 0.25) is 0 Å². The number of hydrogen-bond donors (Lipinski definition) is 1. The molecule has 2 aromatic rings. The Morgan fingerprint density at radius 1 is 1.16 bits per heavy atom. The maximum atomic E-state index is 13.9. The molecule has 0 amide bonds. The van der Waals surface area contributed by atoms with Crippen LogP contribution in [0.2, 0.25) is 0 Å². The van der Waals surface area contributed by atoms with Gasteiger partial charge < -0.3 is 5.11 Å². The Kier molecular flexibility index (Phi) is 4.32. The Labute approximate surface area is 119 Å². The summed E-state index contributed by atoms with van der Waals surface area (Å²) in [7, 11) is 0. The van der Waals surface area contributed by atoms with Gasteiger partial charge in [-0.25, -0.2) is 8.78 Å². The molecule has 0 heterocycles. The molecule has 0 aliphatic heterocycles. The second-order valence-electron chi connectivity index (χ2n) is 4.40. The molecule has 0 aromatic heterocycles. The molecule has 0 radical (unpaired) electrons. The molecular formula is C15H13BrF2O. The van der Waals surface area contributed by atoms with Crippen LogP contribution in [-0.2, 0) is 6.42 Å². The van der Waals surface area contributed by atoms with Crippen molar-refractivity contribution in [1.29, 1.82) is 0 Å². The van der Waals surface area contributed by atoms with Crippen LogP contribution >= 0.6 is 15.9 Å². The average Bonchev–Trinajstić information content (AvgIpc) is 2.37. The first kappa shape index (κ1) is 14.2. The lowest BCUT2D eigenvalue weighted by molar-refractivity contribution is 0.168. The summed E-state index contributed by atoms with van der Waals surface area (Å²) < 4.78 is 27.7. The molecular weight excluding hydrogens is 314 g/mol. The van der Waals surface area contributed by atoms with E-state index in [4.69, 9.17) is 0 Å². The van der Waals surface area contributed by atoms with Crippen molar-refractivity contribution in [2.45, 2.75) is 19.4 Å². The van der Waals surface area contributed by atoms with Gasteiger partial charge in [0.1, 0.15) is 11.6 Å². The summed E-state index contributed by atoms with van der Waals surface area (Å²) in [6.45, 7) is 1.90. The molecule has 1 atom stereocenters. The maximum Gasteiger partial charge on any atom is 0.146 e. The minimum atomic E-state index is -1.21. The van der Waals surface area contributed by atoms with E-state index in [9.17, 15) is 13.9 Å². The predicted octanol–water partition coefficient (Wildman–Crippen LogP) is 4.31. The lowest BCUT2D eigenvalue weighted by Gasteiger charge is -2.15. The monoisotopic (exact) mass is 326 g/mol. The number of rotatable bonds is 3. The van der Waals surface area contributed by atoms with Crippen molar-refractivity contribution in [3.8, 4) is 0 Å². The maximum absolute atomic E-state index is 13.9. The number of hydrogen-bond acceptors (Lipinski definition) is 1. The average molecular weight is 327 g/mol. The van der Waals surface area contributed by atoms with E-state index in [1.54, 1.807) is 0 Å². The second kappa shape index (κ2) is 5.80. The van der Waals surface area contributed by atoms with Crippen LogP contribution in [0.4, 0.5) is 8.78 Å². The number of benzene rings is 2. The van der Waals surface area contributed by atoms with Crippen LogP contribution < -0.4 is 0 Å². The van der Waals surface area contributed by atoms with E-state index in [1.165, 1.54) is 6.07 Å². The van der Waals surface area contributed by atoms with Crippen LogP contribution in [0.1, 0.15) is 22.8 Å². The lowest BCUT2D eigenvalue weighted by Crippen LogP contribution is -2.08. The summed E-state index contributed by atoms with van der Waals surface area (Å²) >= 11 is 3.00. The molecule has 0 saturated carbocycles. The van der Waals surface area contributed by atoms with Crippen molar-refractivity contribution < 1.29 is 13.9 Å². The fourth-order valence-electron chi connectivity index (χ4n) is 2.00. The number of halogens is 3. The van der Waals surface area contributed by atoms with Gasteiger partial charge in [0.05, 0.1) is 16.1 Å². The van der Waals surface area contributed by atoms with Gasteiger partial charge in [-0.1, -0.05) is 24.3 Å². The lowest BCUT2D eigenvalue weighted by atomic mass is 9.97. The van der Waals surface area contributed by atoms with E-state index in [1.807, 2.05) is 31.2 Å². The van der Waals surface area contributed by atoms with E-state index in [2.05, 4.69) is 15.9 Å². The largest absolute Gasteiger partial charge is 0.388 e. The normalized spacial score (nSPS) is 12.5. The van der Waals surface area contributed by atoms with Gasteiger partial charge in [0.25, 0.3) is 0 Å². The molecule has 0 aliphatic rings. The minimum absolute atomic E-state index is 0.146. The molecule has 2 rings (SSSR count). The predicted molar refractivity (Wildman–Crippen MR) is 73.9 cm³/mol. The first-order valence-corrected chi connectivity index (χ1v) is 6.66. The van der Waals surface area contributed by atoms with Gasteiger partial charge in [-0.15, -0.1) is 0 Å². The van der Waals surface area contributed by atoms with Gasteiger partial charge >= 0.3 is 0 Å². The van der Waals surface area contributed by atoms with Crippen molar-refractivity contribution in [3.63, 3.8) is 0 Å². The van der Waals surface area contributed by atoms with Crippen LogP contribution in [0.15, 0.2) is 40.9 Å². The Morgan fingerprint density at radius 2 is 1.84 bits per heavy atom. The summed E-state index contributed by atoms with van der Waals surface area (Å²) in [5, 5.41) is 10.1. The highest BCUT2D eigenvalue weighted by Gasteiger charge is 2.20. The molecule has 100 valence electrons. The number of aliphatic hydroxyl groups is 1. The Hall–Kier alpha value is -1.26. The fourth-order valence-corrected chi connectivity index (χ4v) is 2.34. The van der Waals surface area contributed by atoms with Crippen LogP contribution in [0.5, 0.6) is 0 Å². The highest BCUT2D eigenvalue weighted by molar-refractivity contribution is 9.10. The molecule has 0 aliphatic carbocycles. The zero-order chi connectivity index (χ0) is 14.0. The summed E-state index contributed by atoms with van der Waals surface area (Å²) in [4.78, 5) is 0. The molecule has 1 unspecified atom stereocenters. The third-order valence-electron chi connectivity index (χ3n) is 3.09. The van der Waals surface area contributed by atoms with Crippen LogP contribution in [0, 0.1) is 18.6 Å². The molecule has 1 nitrogen and oxygen atoms in total. The smallest absolute Gasteiger partial charge is 0.146 e. The third kappa shape index (κ3) is 3.01. The van der Waals surface area contributed by atoms with Gasteiger partial charge in [-0.05, 0) is 46.1 Å². The fraction of sp³-hybridized carbons (Fsp3) is 0.200. The molecule has 19 heavy (non-hydrogen) atoms. The topological polar surface area (TPSA) is 20.2 Å². The van der Waals surface area contributed by atoms with E-state index in [-0.39, 0.29) is 16.5 Å². The highest BCUT2D eigenvalue weighted by atomic mass is 79.9. The third-order valence-corrected chi connectivity index (χ3v) is 3.70. The van der Waals surface area contributed by atoms with E-state index in [0.29, 0.717) is 0 Å². The van der Waals surface area contributed by atoms with Crippen molar-refractivity contribution in [1.82, 2.24) is 0 Å². The van der Waals surface area contributed by atoms with Gasteiger partial charge in [0.15, 0.2) is 0 Å². The molecule has 0 spiro atoms. The zero-order valence-corrected chi connectivity index (χ0v) is 11.9. The van der Waals surface area contributed by atoms with E-state index >= 15 is 0 Å². The molecule has 0 bridgehead atoms. The molecule has 0 fully saturated rings. The first-order chi connectivity index (χ1) is 9.00. The number of aryl methyl sites for hydroxylation is 1. The molecule has 2 aromatic carbocycles. The standard InChI is InChI=1S/C15H13BrF2O/c1-9-4-2-3-5-10(9)8-13(19)14-12(17)7-6-11(16)15(14)18/h2-7,13,19H,8H2,1H3. The van der Waals surface area contributed by atoms with Gasteiger partial charge in [-0.2, -0.15) is 0 Å². The molecule has 1 N–H and O–H groups in total. The summed E-state index contributed by atoms with van der Waals surface area (Å²) in [6.07, 6.45) is -1.03. The SMILES string of the molecule is Cc1ccccc1CC(O)c1c(F)ccc(Br)c1F. The van der Waals surface area contributed by atoms with Gasteiger partial charge in [-0.3, -0.25) is 0 Å². The number of aliphatic hydroxyl groups excluding tert-OH is 1.